The van der Waals surface area contributed by atoms with E-state index in [1.54, 1.807) is 0 Å². The second-order valence-electron chi connectivity index (χ2n) is 1.44. The van der Waals surface area contributed by atoms with Gasteiger partial charge in [0, 0.05) is 0 Å². The fraction of sp³-hybridized carbons (Fsp3) is 0.143. The Labute approximate surface area is 60.2 Å². The van der Waals surface area contributed by atoms with E-state index in [4.69, 9.17) is 0 Å². The molecule has 0 aromatic carbocycles. The fourth-order valence-corrected chi connectivity index (χ4v) is 1.87. The van der Waals surface area contributed by atoms with Gasteiger partial charge in [-0.15, -0.1) is 0 Å². The van der Waals surface area contributed by atoms with Gasteiger partial charge < -0.3 is 0 Å². The van der Waals surface area contributed by atoms with Crippen molar-refractivity contribution in [3.63, 3.8) is 0 Å². The molecular formula is C7H8I-. The second-order valence-corrected chi connectivity index (χ2v) is 3.92. The Hall–Kier alpha value is -0.0500. The molecule has 0 saturated heterocycles. The molecule has 0 spiro atoms. The maximum absolute atomic E-state index is 2.29. The third-order valence-corrected chi connectivity index (χ3v) is 2.75. The second kappa shape index (κ2) is 3.89. The molecule has 1 heterocycles. The van der Waals surface area contributed by atoms with Gasteiger partial charge in [-0.05, 0) is 0 Å². The number of alkyl halides is 1. The van der Waals surface area contributed by atoms with Crippen LogP contribution in [0.25, 0.3) is 0 Å². The Morgan fingerprint density at radius 2 is 1.88 bits per heavy atom. The van der Waals surface area contributed by atoms with Crippen LogP contribution in [0.5, 0.6) is 0 Å². The van der Waals surface area contributed by atoms with Gasteiger partial charge >= 0.3 is 60.1 Å². The number of halogens is 1. The molecule has 0 unspecified atom stereocenters. The quantitative estimate of drug-likeness (QED) is 0.351. The number of hydrogen-bond donors (Lipinski definition) is 0. The van der Waals surface area contributed by atoms with E-state index in [0.29, 0.717) is 21.2 Å². The monoisotopic (exact) mass is 219 g/mol. The van der Waals surface area contributed by atoms with Crippen LogP contribution in [0.3, 0.4) is 0 Å². The van der Waals surface area contributed by atoms with E-state index in [-0.39, 0.29) is 0 Å². The van der Waals surface area contributed by atoms with Gasteiger partial charge in [0.25, 0.3) is 0 Å². The molecule has 0 amide bonds. The van der Waals surface area contributed by atoms with Crippen LogP contribution in [0.15, 0.2) is 34.5 Å². The summed E-state index contributed by atoms with van der Waals surface area (Å²) in [4.78, 5) is 0. The molecule has 0 atom stereocenters. The summed E-state index contributed by atoms with van der Waals surface area (Å²) >= 11 is 0.351. The minimum absolute atomic E-state index is 0.351. The van der Waals surface area contributed by atoms with Crippen molar-refractivity contribution in [3.05, 3.63) is 34.5 Å². The molecule has 0 N–H and O–H groups in total. The van der Waals surface area contributed by atoms with Crippen LogP contribution < -0.4 is 21.2 Å². The van der Waals surface area contributed by atoms with E-state index in [1.807, 2.05) is 0 Å². The summed E-state index contributed by atoms with van der Waals surface area (Å²) < 4.78 is 3.58. The van der Waals surface area contributed by atoms with Crippen molar-refractivity contribution in [2.75, 3.05) is 4.43 Å². The third-order valence-electron chi connectivity index (χ3n) is 0.809. The number of hydrogen-bond acceptors (Lipinski definition) is 0. The van der Waals surface area contributed by atoms with Gasteiger partial charge in [0.1, 0.15) is 0 Å². The van der Waals surface area contributed by atoms with Crippen molar-refractivity contribution in [3.8, 4) is 0 Å². The Morgan fingerprint density at radius 3 is 2.88 bits per heavy atom. The van der Waals surface area contributed by atoms with Gasteiger partial charge in [-0.25, -0.2) is 0 Å². The molecule has 0 aliphatic carbocycles. The normalized spacial score (nSPS) is 19.0. The molecule has 0 nitrogen and oxygen atoms in total. The molecule has 0 radical (unpaired) electrons. The Bertz CT molecular complexity index is 115. The van der Waals surface area contributed by atoms with Gasteiger partial charge in [-0.1, -0.05) is 0 Å². The van der Waals surface area contributed by atoms with Gasteiger partial charge in [-0.2, -0.15) is 0 Å². The summed E-state index contributed by atoms with van der Waals surface area (Å²) in [6.07, 6.45) is 10.6. The van der Waals surface area contributed by atoms with Gasteiger partial charge in [0.05, 0.1) is 0 Å². The van der Waals surface area contributed by atoms with Crippen molar-refractivity contribution in [1.29, 1.82) is 0 Å². The van der Waals surface area contributed by atoms with Crippen molar-refractivity contribution < 1.29 is 21.2 Å². The molecule has 1 rings (SSSR count). The first-order valence-electron chi connectivity index (χ1n) is 2.56. The summed E-state index contributed by atoms with van der Waals surface area (Å²) in [7, 11) is 0. The Balaban J connectivity index is 2.51. The van der Waals surface area contributed by atoms with Gasteiger partial charge in [0.15, 0.2) is 0 Å². The van der Waals surface area contributed by atoms with Crippen LogP contribution >= 0.6 is 0 Å². The van der Waals surface area contributed by atoms with Crippen LogP contribution in [0.1, 0.15) is 0 Å². The van der Waals surface area contributed by atoms with Gasteiger partial charge in [0.2, 0.25) is 0 Å². The maximum atomic E-state index is 2.29. The first-order chi connectivity index (χ1) is 4.00. The van der Waals surface area contributed by atoms with E-state index < -0.39 is 0 Å². The van der Waals surface area contributed by atoms with Crippen LogP contribution in [0, 0.1) is 0 Å². The minimum atomic E-state index is 0.351. The number of rotatable bonds is 0. The molecule has 0 aromatic rings. The standard InChI is InChI=1S/C7H8I/c1-2-4-6-8-7-5-3-1/h1-6H,7H2/q-1. The zero-order valence-corrected chi connectivity index (χ0v) is 6.71. The average molecular weight is 219 g/mol. The summed E-state index contributed by atoms with van der Waals surface area (Å²) in [5.41, 5.74) is 0. The van der Waals surface area contributed by atoms with Crippen LogP contribution in [0.2, 0.25) is 0 Å². The van der Waals surface area contributed by atoms with Gasteiger partial charge in [-0.3, -0.25) is 0 Å². The third kappa shape index (κ3) is 2.31. The van der Waals surface area contributed by atoms with Crippen molar-refractivity contribution in [2.24, 2.45) is 0 Å². The van der Waals surface area contributed by atoms with Crippen molar-refractivity contribution in [1.82, 2.24) is 0 Å². The van der Waals surface area contributed by atoms with E-state index in [1.165, 1.54) is 4.43 Å². The van der Waals surface area contributed by atoms with E-state index in [2.05, 4.69) is 34.5 Å². The topological polar surface area (TPSA) is 0 Å². The average Bonchev–Trinajstić information content (AvgIpc) is 1.62. The van der Waals surface area contributed by atoms with Crippen LogP contribution in [-0.2, 0) is 0 Å². The molecule has 8 heavy (non-hydrogen) atoms. The molecule has 1 heteroatoms. The summed E-state index contributed by atoms with van der Waals surface area (Å²) in [5, 5.41) is 0. The van der Waals surface area contributed by atoms with E-state index in [9.17, 15) is 0 Å². The zero-order chi connectivity index (χ0) is 5.66. The molecule has 0 fully saturated rings. The zero-order valence-electron chi connectivity index (χ0n) is 4.55. The molecule has 0 aromatic heterocycles. The molecule has 44 valence electrons. The first-order valence-corrected chi connectivity index (χ1v) is 5.33. The summed E-state index contributed by atoms with van der Waals surface area (Å²) in [5.74, 6) is 0. The predicted octanol–water partition coefficient (Wildman–Crippen LogP) is -1.28. The summed E-state index contributed by atoms with van der Waals surface area (Å²) in [6, 6.07) is 0. The molecule has 1 aliphatic rings. The van der Waals surface area contributed by atoms with E-state index in [0.717, 1.165) is 0 Å². The Kier molecular flexibility index (Phi) is 2.96. The first kappa shape index (κ1) is 6.08. The molecule has 0 saturated carbocycles. The number of allylic oxidation sites excluding steroid dienone is 5. The van der Waals surface area contributed by atoms with Crippen molar-refractivity contribution >= 4 is 0 Å². The molecule has 1 aliphatic heterocycles. The molecule has 0 bridgehead atoms. The van der Waals surface area contributed by atoms with E-state index >= 15 is 0 Å². The van der Waals surface area contributed by atoms with Crippen LogP contribution in [0.4, 0.5) is 0 Å². The SMILES string of the molecule is C1=CC=C[I-]CC=C1. The summed E-state index contributed by atoms with van der Waals surface area (Å²) in [6.45, 7) is 0. The fourth-order valence-electron chi connectivity index (χ4n) is 0.455. The van der Waals surface area contributed by atoms with Crippen molar-refractivity contribution in [2.45, 2.75) is 0 Å². The molecular weight excluding hydrogens is 211 g/mol. The predicted molar refractivity (Wildman–Crippen MR) is 32.3 cm³/mol. The Morgan fingerprint density at radius 1 is 1.00 bits per heavy atom. The van der Waals surface area contributed by atoms with Crippen LogP contribution in [-0.4, -0.2) is 4.43 Å².